The first-order chi connectivity index (χ1) is 8.49. The Morgan fingerprint density at radius 3 is 2.44 bits per heavy atom. The molecule has 104 valence electrons. The molecule has 18 heavy (non-hydrogen) atoms. The maximum absolute atomic E-state index is 11.5. The fourth-order valence-corrected chi connectivity index (χ4v) is 1.74. The summed E-state index contributed by atoms with van der Waals surface area (Å²) in [5.41, 5.74) is 0. The van der Waals surface area contributed by atoms with Gasteiger partial charge in [0.05, 0.1) is 13.2 Å². The van der Waals surface area contributed by atoms with Gasteiger partial charge in [-0.25, -0.2) is 4.79 Å². The number of carbonyl (C=O) groups excluding carboxylic acids is 1. The highest BCUT2D eigenvalue weighted by atomic mass is 16.5. The Balaban J connectivity index is 2.24. The van der Waals surface area contributed by atoms with Crippen molar-refractivity contribution >= 4 is 12.0 Å². The molecule has 1 saturated heterocycles. The summed E-state index contributed by atoms with van der Waals surface area (Å²) in [7, 11) is 0. The Morgan fingerprint density at radius 2 is 1.89 bits per heavy atom. The number of amides is 2. The van der Waals surface area contributed by atoms with E-state index < -0.39 is 18.0 Å². The molecule has 7 nitrogen and oxygen atoms in total. The quantitative estimate of drug-likeness (QED) is 0.618. The van der Waals surface area contributed by atoms with Gasteiger partial charge < -0.3 is 20.5 Å². The van der Waals surface area contributed by atoms with Crippen molar-refractivity contribution in [3.05, 3.63) is 0 Å². The molecular formula is C11H21N3O4. The van der Waals surface area contributed by atoms with Crippen molar-refractivity contribution in [2.24, 2.45) is 0 Å². The predicted octanol–water partition coefficient (Wildman–Crippen LogP) is -0.521. The SMILES string of the molecule is CC(CN1CCOCC1)NC(=O)NC(C)C(=O)O. The van der Waals surface area contributed by atoms with E-state index in [2.05, 4.69) is 15.5 Å². The number of nitrogens with one attached hydrogen (secondary N) is 2. The zero-order valence-electron chi connectivity index (χ0n) is 10.8. The van der Waals surface area contributed by atoms with E-state index >= 15 is 0 Å². The molecule has 1 aliphatic heterocycles. The summed E-state index contributed by atoms with van der Waals surface area (Å²) in [6.45, 7) is 7.20. The molecular weight excluding hydrogens is 238 g/mol. The van der Waals surface area contributed by atoms with Crippen LogP contribution in [0.2, 0.25) is 0 Å². The predicted molar refractivity (Wildman–Crippen MR) is 65.5 cm³/mol. The van der Waals surface area contributed by atoms with Crippen molar-refractivity contribution in [3.8, 4) is 0 Å². The lowest BCUT2D eigenvalue weighted by Gasteiger charge is -2.29. The highest BCUT2D eigenvalue weighted by Crippen LogP contribution is 1.98. The lowest BCUT2D eigenvalue weighted by molar-refractivity contribution is -0.138. The van der Waals surface area contributed by atoms with E-state index in [1.54, 1.807) is 0 Å². The number of carbonyl (C=O) groups is 2. The van der Waals surface area contributed by atoms with E-state index in [4.69, 9.17) is 9.84 Å². The van der Waals surface area contributed by atoms with E-state index in [1.807, 2.05) is 6.92 Å². The number of ether oxygens (including phenoxy) is 1. The second-order valence-corrected chi connectivity index (χ2v) is 4.49. The highest BCUT2D eigenvalue weighted by Gasteiger charge is 2.17. The number of urea groups is 1. The van der Waals surface area contributed by atoms with E-state index in [9.17, 15) is 9.59 Å². The number of morpholine rings is 1. The van der Waals surface area contributed by atoms with Crippen LogP contribution in [0.15, 0.2) is 0 Å². The average Bonchev–Trinajstić information content (AvgIpc) is 2.29. The Hall–Kier alpha value is -1.34. The van der Waals surface area contributed by atoms with Crippen molar-refractivity contribution in [1.82, 2.24) is 15.5 Å². The molecule has 3 N–H and O–H groups in total. The molecule has 1 rings (SSSR count). The molecule has 2 atom stereocenters. The second-order valence-electron chi connectivity index (χ2n) is 4.49. The van der Waals surface area contributed by atoms with Gasteiger partial charge in [-0.1, -0.05) is 0 Å². The minimum absolute atomic E-state index is 0.0379. The van der Waals surface area contributed by atoms with Gasteiger partial charge in [-0.05, 0) is 13.8 Å². The fraction of sp³-hybridized carbons (Fsp3) is 0.818. The van der Waals surface area contributed by atoms with E-state index in [-0.39, 0.29) is 6.04 Å². The third-order valence-corrected chi connectivity index (χ3v) is 2.73. The van der Waals surface area contributed by atoms with Gasteiger partial charge in [-0.3, -0.25) is 9.69 Å². The molecule has 0 aromatic rings. The molecule has 0 aromatic carbocycles. The molecule has 0 bridgehead atoms. The minimum atomic E-state index is -1.05. The van der Waals surface area contributed by atoms with Crippen molar-refractivity contribution in [2.75, 3.05) is 32.8 Å². The van der Waals surface area contributed by atoms with Gasteiger partial charge in [0, 0.05) is 25.7 Å². The average molecular weight is 259 g/mol. The Bertz CT molecular complexity index is 292. The molecule has 0 aromatic heterocycles. The van der Waals surface area contributed by atoms with Crippen LogP contribution < -0.4 is 10.6 Å². The van der Waals surface area contributed by atoms with Gasteiger partial charge in [0.15, 0.2) is 0 Å². The maximum atomic E-state index is 11.5. The van der Waals surface area contributed by atoms with Gasteiger partial charge in [0.1, 0.15) is 6.04 Å². The zero-order chi connectivity index (χ0) is 13.5. The van der Waals surface area contributed by atoms with E-state index in [0.717, 1.165) is 32.8 Å². The summed E-state index contributed by atoms with van der Waals surface area (Å²) in [6, 6.07) is -1.38. The Morgan fingerprint density at radius 1 is 1.28 bits per heavy atom. The first-order valence-electron chi connectivity index (χ1n) is 6.09. The van der Waals surface area contributed by atoms with Crippen molar-refractivity contribution in [3.63, 3.8) is 0 Å². The Labute approximate surface area is 106 Å². The number of hydrogen-bond acceptors (Lipinski definition) is 4. The molecule has 0 radical (unpaired) electrons. The lowest BCUT2D eigenvalue weighted by Crippen LogP contribution is -2.51. The summed E-state index contributed by atoms with van der Waals surface area (Å²) in [4.78, 5) is 24.3. The summed E-state index contributed by atoms with van der Waals surface area (Å²) in [6.07, 6.45) is 0. The van der Waals surface area contributed by atoms with Crippen LogP contribution in [-0.2, 0) is 9.53 Å². The number of carboxylic acids is 1. The van der Waals surface area contributed by atoms with Crippen LogP contribution in [0.4, 0.5) is 4.79 Å². The van der Waals surface area contributed by atoms with Crippen LogP contribution >= 0.6 is 0 Å². The smallest absolute Gasteiger partial charge is 0.325 e. The molecule has 7 heteroatoms. The summed E-state index contributed by atoms with van der Waals surface area (Å²) >= 11 is 0. The number of carboxylic acid groups (broad SMARTS) is 1. The van der Waals surface area contributed by atoms with Gasteiger partial charge in [-0.15, -0.1) is 0 Å². The number of rotatable bonds is 5. The summed E-state index contributed by atoms with van der Waals surface area (Å²) in [5, 5.41) is 13.7. The number of nitrogens with zero attached hydrogens (tertiary/aromatic N) is 1. The van der Waals surface area contributed by atoms with Crippen LogP contribution in [0.3, 0.4) is 0 Å². The first kappa shape index (κ1) is 14.7. The third kappa shape index (κ3) is 5.33. The van der Waals surface area contributed by atoms with Crippen LogP contribution in [0.25, 0.3) is 0 Å². The molecule has 1 heterocycles. The minimum Gasteiger partial charge on any atom is -0.480 e. The van der Waals surface area contributed by atoms with Gasteiger partial charge >= 0.3 is 12.0 Å². The first-order valence-corrected chi connectivity index (χ1v) is 6.09. The van der Waals surface area contributed by atoms with E-state index in [1.165, 1.54) is 6.92 Å². The summed E-state index contributed by atoms with van der Waals surface area (Å²) < 4.78 is 5.23. The van der Waals surface area contributed by atoms with Crippen LogP contribution in [0, 0.1) is 0 Å². The van der Waals surface area contributed by atoms with Crippen molar-refractivity contribution in [1.29, 1.82) is 0 Å². The van der Waals surface area contributed by atoms with Gasteiger partial charge in [0.25, 0.3) is 0 Å². The Kier molecular flexibility index (Phi) is 5.87. The third-order valence-electron chi connectivity index (χ3n) is 2.73. The molecule has 2 unspecified atom stereocenters. The van der Waals surface area contributed by atoms with Crippen LogP contribution in [0.1, 0.15) is 13.8 Å². The van der Waals surface area contributed by atoms with Crippen LogP contribution in [-0.4, -0.2) is 66.9 Å². The lowest BCUT2D eigenvalue weighted by atomic mass is 10.3. The molecule has 0 aliphatic carbocycles. The molecule has 0 saturated carbocycles. The largest absolute Gasteiger partial charge is 0.480 e. The normalized spacial score (nSPS) is 19.9. The molecule has 2 amide bonds. The molecule has 1 aliphatic rings. The molecule has 1 fully saturated rings. The fourth-order valence-electron chi connectivity index (χ4n) is 1.74. The highest BCUT2D eigenvalue weighted by molar-refractivity contribution is 5.82. The maximum Gasteiger partial charge on any atom is 0.325 e. The summed E-state index contributed by atoms with van der Waals surface area (Å²) in [5.74, 6) is -1.05. The van der Waals surface area contributed by atoms with E-state index in [0.29, 0.717) is 0 Å². The monoisotopic (exact) mass is 259 g/mol. The second kappa shape index (κ2) is 7.17. The van der Waals surface area contributed by atoms with Gasteiger partial charge in [-0.2, -0.15) is 0 Å². The van der Waals surface area contributed by atoms with Gasteiger partial charge in [0.2, 0.25) is 0 Å². The standard InChI is InChI=1S/C11H21N3O4/c1-8(7-14-3-5-18-6-4-14)12-11(17)13-9(2)10(15)16/h8-9H,3-7H2,1-2H3,(H,15,16)(H2,12,13,17). The number of aliphatic carboxylic acids is 1. The van der Waals surface area contributed by atoms with Crippen molar-refractivity contribution in [2.45, 2.75) is 25.9 Å². The van der Waals surface area contributed by atoms with Crippen LogP contribution in [0.5, 0.6) is 0 Å². The van der Waals surface area contributed by atoms with Crippen molar-refractivity contribution < 1.29 is 19.4 Å². The topological polar surface area (TPSA) is 90.9 Å². The zero-order valence-corrected chi connectivity index (χ0v) is 10.8. The molecule has 0 spiro atoms. The number of hydrogen-bond donors (Lipinski definition) is 3.